The second-order valence-corrected chi connectivity index (χ2v) is 8.02. The summed E-state index contributed by atoms with van der Waals surface area (Å²) < 4.78 is 0. The number of hydrogen-bond acceptors (Lipinski definition) is 4. The first-order valence-electron chi connectivity index (χ1n) is 8.68. The molecule has 4 nitrogen and oxygen atoms in total. The Morgan fingerprint density at radius 3 is 2.48 bits per heavy atom. The number of rotatable bonds is 3. The van der Waals surface area contributed by atoms with Crippen molar-refractivity contribution in [2.45, 2.75) is 44.2 Å². The highest BCUT2D eigenvalue weighted by Gasteiger charge is 2.77. The van der Waals surface area contributed by atoms with E-state index in [4.69, 9.17) is 10.2 Å². The molecule has 4 heteroatoms. The molecule has 0 aromatic heterocycles. The van der Waals surface area contributed by atoms with Gasteiger partial charge in [0.2, 0.25) is 0 Å². The van der Waals surface area contributed by atoms with Gasteiger partial charge in [0, 0.05) is 19.5 Å². The molecule has 4 atom stereocenters. The van der Waals surface area contributed by atoms with Crippen LogP contribution in [0.15, 0.2) is 45.7 Å². The van der Waals surface area contributed by atoms with Gasteiger partial charge < -0.3 is 5.01 Å². The highest BCUT2D eigenvalue weighted by molar-refractivity contribution is 5.76. The Kier molecular flexibility index (Phi) is 3.00. The summed E-state index contributed by atoms with van der Waals surface area (Å²) in [5.41, 5.74) is 0.793. The lowest BCUT2D eigenvalue weighted by Crippen LogP contribution is -2.47. The highest BCUT2D eigenvalue weighted by Crippen LogP contribution is 2.73. The molecule has 0 saturated heterocycles. The first kappa shape index (κ1) is 14.9. The molecule has 1 heterocycles. The molecule has 4 unspecified atom stereocenters. The van der Waals surface area contributed by atoms with Gasteiger partial charge in [0.05, 0.1) is 6.21 Å². The Hall–Kier alpha value is -1.71. The monoisotopic (exact) mass is 310 g/mol. The van der Waals surface area contributed by atoms with Crippen LogP contribution in [-0.4, -0.2) is 30.9 Å². The third kappa shape index (κ3) is 1.59. The van der Waals surface area contributed by atoms with Crippen LogP contribution in [0.1, 0.15) is 38.7 Å². The molecular weight excluding hydrogens is 284 g/mol. The predicted molar refractivity (Wildman–Crippen MR) is 92.5 cm³/mol. The summed E-state index contributed by atoms with van der Waals surface area (Å²) in [4.78, 5) is 0. The molecular formula is C19H26N4. The van der Waals surface area contributed by atoms with Crippen LogP contribution in [0.3, 0.4) is 0 Å². The van der Waals surface area contributed by atoms with E-state index in [1.807, 2.05) is 19.1 Å². The highest BCUT2D eigenvalue weighted by atomic mass is 15.4. The lowest BCUT2D eigenvalue weighted by atomic mass is 9.63. The van der Waals surface area contributed by atoms with Crippen LogP contribution in [0.25, 0.3) is 0 Å². The van der Waals surface area contributed by atoms with Crippen molar-refractivity contribution in [3.8, 4) is 0 Å². The maximum atomic E-state index is 4.97. The molecule has 2 saturated carbocycles. The average Bonchev–Trinajstić information content (AvgIpc) is 3.14. The predicted octanol–water partition coefficient (Wildman–Crippen LogP) is 4.09. The molecule has 0 amide bonds. The first-order chi connectivity index (χ1) is 11.0. The van der Waals surface area contributed by atoms with Gasteiger partial charge in [0.25, 0.3) is 0 Å². The van der Waals surface area contributed by atoms with E-state index < -0.39 is 0 Å². The van der Waals surface area contributed by atoms with Crippen molar-refractivity contribution in [3.05, 3.63) is 35.9 Å². The van der Waals surface area contributed by atoms with Crippen LogP contribution in [0, 0.1) is 17.3 Å². The van der Waals surface area contributed by atoms with Gasteiger partial charge >= 0.3 is 0 Å². The van der Waals surface area contributed by atoms with Crippen molar-refractivity contribution in [2.24, 2.45) is 32.6 Å². The summed E-state index contributed by atoms with van der Waals surface area (Å²) in [5, 5.41) is 16.3. The van der Waals surface area contributed by atoms with Gasteiger partial charge in [0.15, 0.2) is 0 Å². The summed E-state index contributed by atoms with van der Waals surface area (Å²) >= 11 is 0. The SMILES string of the molecule is CN(C)/N=C/C12N=NC(c3ccccc3)(C3CCCC31)C2(C)C. The van der Waals surface area contributed by atoms with Crippen LogP contribution in [0.2, 0.25) is 0 Å². The molecule has 0 N–H and O–H groups in total. The average molecular weight is 310 g/mol. The lowest BCUT2D eigenvalue weighted by Gasteiger charge is -2.40. The largest absolute Gasteiger partial charge is 0.303 e. The summed E-state index contributed by atoms with van der Waals surface area (Å²) in [6.07, 6.45) is 5.86. The van der Waals surface area contributed by atoms with Crippen LogP contribution in [0.4, 0.5) is 0 Å². The van der Waals surface area contributed by atoms with Crippen LogP contribution in [-0.2, 0) is 5.54 Å². The Labute approximate surface area is 138 Å². The number of fused-ring (bicyclic) bond motifs is 5. The second kappa shape index (κ2) is 4.65. The number of azo groups is 1. The second-order valence-electron chi connectivity index (χ2n) is 8.02. The van der Waals surface area contributed by atoms with Crippen LogP contribution in [0.5, 0.6) is 0 Å². The number of hydrazone groups is 1. The van der Waals surface area contributed by atoms with E-state index in [0.29, 0.717) is 11.8 Å². The number of nitrogens with zero attached hydrogens (tertiary/aromatic N) is 4. The number of benzene rings is 1. The molecule has 2 aliphatic carbocycles. The van der Waals surface area contributed by atoms with E-state index >= 15 is 0 Å². The summed E-state index contributed by atoms with van der Waals surface area (Å²) in [6, 6.07) is 10.8. The smallest absolute Gasteiger partial charge is 0.129 e. The summed E-state index contributed by atoms with van der Waals surface area (Å²) in [6.45, 7) is 4.69. The van der Waals surface area contributed by atoms with E-state index in [-0.39, 0.29) is 16.5 Å². The minimum absolute atomic E-state index is 0.0589. The van der Waals surface area contributed by atoms with Gasteiger partial charge in [-0.1, -0.05) is 50.6 Å². The molecule has 2 bridgehead atoms. The molecule has 2 fully saturated rings. The molecule has 4 rings (SSSR count). The van der Waals surface area contributed by atoms with Crippen molar-refractivity contribution in [1.82, 2.24) is 5.01 Å². The molecule has 1 aliphatic heterocycles. The Balaban J connectivity index is 1.91. The van der Waals surface area contributed by atoms with Crippen LogP contribution < -0.4 is 0 Å². The normalized spacial score (nSPS) is 40.0. The van der Waals surface area contributed by atoms with Crippen molar-refractivity contribution in [2.75, 3.05) is 14.1 Å². The maximum absolute atomic E-state index is 4.97. The Bertz CT molecular complexity index is 663. The minimum Gasteiger partial charge on any atom is -0.303 e. The van der Waals surface area contributed by atoms with Gasteiger partial charge in [-0.3, -0.25) is 0 Å². The summed E-state index contributed by atoms with van der Waals surface area (Å²) in [7, 11) is 3.94. The Morgan fingerprint density at radius 2 is 1.78 bits per heavy atom. The van der Waals surface area contributed by atoms with E-state index in [2.05, 4.69) is 55.5 Å². The van der Waals surface area contributed by atoms with Gasteiger partial charge in [-0.25, -0.2) is 0 Å². The topological polar surface area (TPSA) is 40.3 Å². The third-order valence-corrected chi connectivity index (χ3v) is 6.64. The van der Waals surface area contributed by atoms with Crippen LogP contribution >= 0.6 is 0 Å². The van der Waals surface area contributed by atoms with E-state index in [0.717, 1.165) is 0 Å². The molecule has 0 spiro atoms. The fraction of sp³-hybridized carbons (Fsp3) is 0.632. The Morgan fingerprint density at radius 1 is 1.09 bits per heavy atom. The van der Waals surface area contributed by atoms with Crippen molar-refractivity contribution in [1.29, 1.82) is 0 Å². The zero-order chi connectivity index (χ0) is 16.3. The van der Waals surface area contributed by atoms with Gasteiger partial charge in [-0.2, -0.15) is 15.3 Å². The van der Waals surface area contributed by atoms with Gasteiger partial charge in [0.1, 0.15) is 11.1 Å². The molecule has 23 heavy (non-hydrogen) atoms. The van der Waals surface area contributed by atoms with Crippen molar-refractivity contribution in [3.63, 3.8) is 0 Å². The minimum atomic E-state index is -0.270. The molecule has 1 aromatic carbocycles. The first-order valence-corrected chi connectivity index (χ1v) is 8.68. The zero-order valence-electron chi connectivity index (χ0n) is 14.5. The zero-order valence-corrected chi connectivity index (χ0v) is 14.5. The fourth-order valence-electron chi connectivity index (χ4n) is 5.59. The van der Waals surface area contributed by atoms with Gasteiger partial charge in [-0.05, 0) is 30.2 Å². The van der Waals surface area contributed by atoms with E-state index in [1.54, 1.807) is 0 Å². The molecule has 122 valence electrons. The standard InChI is InChI=1S/C19H26N4/c1-17(2)18(13-20-23(3)4)15-11-8-12-16(15)19(17,22-21-18)14-9-6-5-7-10-14/h5-7,9-10,13,15-16H,8,11-12H2,1-4H3/b20-13+. The summed E-state index contributed by atoms with van der Waals surface area (Å²) in [5.74, 6) is 1.13. The quantitative estimate of drug-likeness (QED) is 0.612. The van der Waals surface area contributed by atoms with Crippen molar-refractivity contribution < 1.29 is 0 Å². The van der Waals surface area contributed by atoms with E-state index in [1.165, 1.54) is 24.8 Å². The molecule has 3 aliphatic rings. The van der Waals surface area contributed by atoms with Gasteiger partial charge in [-0.15, -0.1) is 0 Å². The molecule has 1 aromatic rings. The lowest BCUT2D eigenvalue weighted by molar-refractivity contribution is 0.170. The molecule has 0 radical (unpaired) electrons. The number of hydrogen-bond donors (Lipinski definition) is 0. The van der Waals surface area contributed by atoms with E-state index in [9.17, 15) is 0 Å². The third-order valence-electron chi connectivity index (χ3n) is 6.64. The maximum Gasteiger partial charge on any atom is 0.129 e. The van der Waals surface area contributed by atoms with Crippen molar-refractivity contribution >= 4 is 6.21 Å². The fourth-order valence-corrected chi connectivity index (χ4v) is 5.59.